The van der Waals surface area contributed by atoms with Crippen molar-refractivity contribution in [3.63, 3.8) is 0 Å². The molecule has 68 valence electrons. The molecule has 1 atom stereocenters. The van der Waals surface area contributed by atoms with Gasteiger partial charge in [-0.2, -0.15) is 5.26 Å². The predicted molar refractivity (Wildman–Crippen MR) is 46.7 cm³/mol. The molecule has 3 nitrogen and oxygen atoms in total. The first-order valence-electron chi connectivity index (χ1n) is 4.44. The molecule has 1 saturated carbocycles. The summed E-state index contributed by atoms with van der Waals surface area (Å²) in [5.41, 5.74) is -0.448. The first kappa shape index (κ1) is 9.50. The van der Waals surface area contributed by atoms with E-state index in [4.69, 9.17) is 10.00 Å². The maximum atomic E-state index is 8.99. The Morgan fingerprint density at radius 1 is 1.67 bits per heavy atom. The molecule has 3 heteroatoms. The average Bonchev–Trinajstić information content (AvgIpc) is 2.87. The normalized spacial score (nSPS) is 21.4. The van der Waals surface area contributed by atoms with Crippen LogP contribution in [0, 0.1) is 11.3 Å². The van der Waals surface area contributed by atoms with E-state index in [9.17, 15) is 0 Å². The predicted octanol–water partition coefficient (Wildman–Crippen LogP) is 1.06. The molecule has 0 saturated heterocycles. The zero-order valence-electron chi connectivity index (χ0n) is 7.76. The Morgan fingerprint density at radius 3 is 2.67 bits per heavy atom. The van der Waals surface area contributed by atoms with Gasteiger partial charge in [-0.3, -0.25) is 5.32 Å². The number of hydrogen-bond acceptors (Lipinski definition) is 3. The van der Waals surface area contributed by atoms with E-state index < -0.39 is 5.54 Å². The Hall–Kier alpha value is -0.590. The number of nitrogens with one attached hydrogen (secondary N) is 1. The average molecular weight is 168 g/mol. The van der Waals surface area contributed by atoms with Crippen molar-refractivity contribution in [2.45, 2.75) is 37.8 Å². The van der Waals surface area contributed by atoms with Crippen LogP contribution in [-0.2, 0) is 4.74 Å². The quantitative estimate of drug-likeness (QED) is 0.667. The van der Waals surface area contributed by atoms with Crippen molar-refractivity contribution >= 4 is 0 Å². The van der Waals surface area contributed by atoms with E-state index >= 15 is 0 Å². The molecule has 0 aliphatic heterocycles. The highest BCUT2D eigenvalue weighted by molar-refractivity contribution is 5.09. The molecule has 0 amide bonds. The lowest BCUT2D eigenvalue weighted by Crippen LogP contribution is -2.48. The van der Waals surface area contributed by atoms with Gasteiger partial charge < -0.3 is 4.74 Å². The molecular weight excluding hydrogens is 152 g/mol. The Bertz CT molecular complexity index is 183. The van der Waals surface area contributed by atoms with E-state index in [-0.39, 0.29) is 0 Å². The van der Waals surface area contributed by atoms with Crippen LogP contribution >= 0.6 is 0 Å². The van der Waals surface area contributed by atoms with Crippen LogP contribution in [0.4, 0.5) is 0 Å². The summed E-state index contributed by atoms with van der Waals surface area (Å²) in [4.78, 5) is 0. The zero-order chi connectivity index (χ0) is 9.03. The molecule has 1 fully saturated rings. The molecule has 0 radical (unpaired) electrons. The van der Waals surface area contributed by atoms with Crippen LogP contribution in [0.5, 0.6) is 0 Å². The van der Waals surface area contributed by atoms with Crippen LogP contribution in [0.3, 0.4) is 0 Å². The molecule has 1 unspecified atom stereocenters. The molecule has 0 bridgehead atoms. The second-order valence-corrected chi connectivity index (χ2v) is 3.40. The van der Waals surface area contributed by atoms with Crippen LogP contribution in [0.1, 0.15) is 26.2 Å². The number of hydrogen-bond donors (Lipinski definition) is 1. The first-order chi connectivity index (χ1) is 5.76. The number of nitriles is 1. The lowest BCUT2D eigenvalue weighted by molar-refractivity contribution is 0.134. The van der Waals surface area contributed by atoms with Gasteiger partial charge in [0.1, 0.15) is 5.54 Å². The minimum absolute atomic E-state index is 0.448. The summed E-state index contributed by atoms with van der Waals surface area (Å²) in [7, 11) is 1.64. The highest BCUT2D eigenvalue weighted by atomic mass is 16.5. The Labute approximate surface area is 73.7 Å². The van der Waals surface area contributed by atoms with Crippen molar-refractivity contribution in [1.29, 1.82) is 5.26 Å². The molecule has 1 aliphatic carbocycles. The molecule has 0 heterocycles. The fourth-order valence-corrected chi connectivity index (χ4v) is 1.25. The Balaban J connectivity index is 2.49. The molecule has 0 aromatic carbocycles. The van der Waals surface area contributed by atoms with Gasteiger partial charge in [-0.25, -0.2) is 0 Å². The molecule has 1 N–H and O–H groups in total. The number of rotatable bonds is 5. The van der Waals surface area contributed by atoms with Crippen molar-refractivity contribution in [2.24, 2.45) is 0 Å². The fraction of sp³-hybridized carbons (Fsp3) is 0.889. The topological polar surface area (TPSA) is 45.0 Å². The van der Waals surface area contributed by atoms with Gasteiger partial charge in [-0.1, -0.05) is 6.92 Å². The molecule has 1 rings (SSSR count). The standard InChI is InChI=1S/C9H16N2O/c1-3-9(6-10,7-12-2)11-8-4-5-8/h8,11H,3-5,7H2,1-2H3. The summed E-state index contributed by atoms with van der Waals surface area (Å²) in [5.74, 6) is 0. The van der Waals surface area contributed by atoms with Gasteiger partial charge in [0.05, 0.1) is 12.7 Å². The third kappa shape index (κ3) is 2.20. The molecule has 1 aliphatic rings. The van der Waals surface area contributed by atoms with E-state index in [0.29, 0.717) is 12.6 Å². The summed E-state index contributed by atoms with van der Waals surface area (Å²) in [6.07, 6.45) is 3.20. The highest BCUT2D eigenvalue weighted by Crippen LogP contribution is 2.23. The van der Waals surface area contributed by atoms with E-state index in [2.05, 4.69) is 11.4 Å². The molecule has 0 aromatic rings. The summed E-state index contributed by atoms with van der Waals surface area (Å²) < 4.78 is 5.03. The summed E-state index contributed by atoms with van der Waals surface area (Å²) in [5, 5.41) is 12.3. The van der Waals surface area contributed by atoms with Gasteiger partial charge in [0.2, 0.25) is 0 Å². The third-order valence-electron chi connectivity index (χ3n) is 2.27. The molecular formula is C9H16N2O. The Kier molecular flexibility index (Phi) is 3.07. The summed E-state index contributed by atoms with van der Waals surface area (Å²) in [6, 6.07) is 2.86. The Morgan fingerprint density at radius 2 is 2.33 bits per heavy atom. The second kappa shape index (κ2) is 3.88. The second-order valence-electron chi connectivity index (χ2n) is 3.40. The van der Waals surface area contributed by atoms with Crippen LogP contribution in [0.15, 0.2) is 0 Å². The van der Waals surface area contributed by atoms with Gasteiger partial charge in [0.25, 0.3) is 0 Å². The van der Waals surface area contributed by atoms with E-state index in [1.54, 1.807) is 7.11 Å². The molecule has 0 aromatic heterocycles. The maximum Gasteiger partial charge on any atom is 0.130 e. The van der Waals surface area contributed by atoms with Gasteiger partial charge in [-0.05, 0) is 19.3 Å². The maximum absolute atomic E-state index is 8.99. The van der Waals surface area contributed by atoms with Gasteiger partial charge in [0.15, 0.2) is 0 Å². The zero-order valence-corrected chi connectivity index (χ0v) is 7.76. The number of ether oxygens (including phenoxy) is 1. The van der Waals surface area contributed by atoms with Gasteiger partial charge >= 0.3 is 0 Å². The van der Waals surface area contributed by atoms with Crippen molar-refractivity contribution < 1.29 is 4.74 Å². The summed E-state index contributed by atoms with van der Waals surface area (Å²) in [6.45, 7) is 2.49. The fourth-order valence-electron chi connectivity index (χ4n) is 1.25. The monoisotopic (exact) mass is 168 g/mol. The minimum atomic E-state index is -0.448. The number of nitrogens with zero attached hydrogens (tertiary/aromatic N) is 1. The van der Waals surface area contributed by atoms with Crippen LogP contribution in [0.25, 0.3) is 0 Å². The van der Waals surface area contributed by atoms with Crippen molar-refractivity contribution in [1.82, 2.24) is 5.32 Å². The SMILES string of the molecule is CCC(C#N)(COC)NC1CC1. The highest BCUT2D eigenvalue weighted by Gasteiger charge is 2.34. The van der Waals surface area contributed by atoms with Gasteiger partial charge in [0, 0.05) is 13.2 Å². The first-order valence-corrected chi connectivity index (χ1v) is 4.44. The van der Waals surface area contributed by atoms with Crippen molar-refractivity contribution in [3.05, 3.63) is 0 Å². The van der Waals surface area contributed by atoms with Gasteiger partial charge in [-0.15, -0.1) is 0 Å². The lowest BCUT2D eigenvalue weighted by atomic mass is 9.99. The largest absolute Gasteiger partial charge is 0.382 e. The summed E-state index contributed by atoms with van der Waals surface area (Å²) >= 11 is 0. The van der Waals surface area contributed by atoms with Crippen molar-refractivity contribution in [3.8, 4) is 6.07 Å². The van der Waals surface area contributed by atoms with E-state index in [0.717, 1.165) is 6.42 Å². The van der Waals surface area contributed by atoms with E-state index in [1.807, 2.05) is 6.92 Å². The lowest BCUT2D eigenvalue weighted by Gasteiger charge is -2.25. The molecule has 0 spiro atoms. The van der Waals surface area contributed by atoms with E-state index in [1.165, 1.54) is 12.8 Å². The minimum Gasteiger partial charge on any atom is -0.382 e. The van der Waals surface area contributed by atoms with Crippen LogP contribution in [0.2, 0.25) is 0 Å². The number of methoxy groups -OCH3 is 1. The molecule has 12 heavy (non-hydrogen) atoms. The van der Waals surface area contributed by atoms with Crippen molar-refractivity contribution in [2.75, 3.05) is 13.7 Å². The van der Waals surface area contributed by atoms with Crippen LogP contribution in [-0.4, -0.2) is 25.3 Å². The van der Waals surface area contributed by atoms with Crippen LogP contribution < -0.4 is 5.32 Å². The smallest absolute Gasteiger partial charge is 0.130 e. The third-order valence-corrected chi connectivity index (χ3v) is 2.27.